The molecule has 1 N–H and O–H groups in total. The molecular weight excluding hydrogens is 374 g/mol. The van der Waals surface area contributed by atoms with Crippen LogP contribution in [-0.2, 0) is 9.53 Å². The topological polar surface area (TPSA) is 83.1 Å². The van der Waals surface area contributed by atoms with Gasteiger partial charge in [-0.2, -0.15) is 0 Å². The highest BCUT2D eigenvalue weighted by atomic mass is 16.7. The fourth-order valence-corrected chi connectivity index (χ4v) is 2.78. The molecule has 154 valence electrons. The summed E-state index contributed by atoms with van der Waals surface area (Å²) in [6.45, 7) is 4.41. The number of hydrogen-bond acceptors (Lipinski definition) is 6. The molecule has 29 heavy (non-hydrogen) atoms. The first-order chi connectivity index (χ1) is 14.1. The molecule has 0 saturated carbocycles. The Labute approximate surface area is 169 Å². The lowest BCUT2D eigenvalue weighted by Gasteiger charge is -2.15. The molecule has 2 aromatic carbocycles. The fraction of sp³-hybridized carbons (Fsp3) is 0.364. The lowest BCUT2D eigenvalue weighted by molar-refractivity contribution is -0.124. The van der Waals surface area contributed by atoms with Crippen LogP contribution in [0.1, 0.15) is 48.7 Å². The van der Waals surface area contributed by atoms with Gasteiger partial charge in [0.1, 0.15) is 5.75 Å². The molecule has 0 radical (unpaired) electrons. The fourth-order valence-electron chi connectivity index (χ4n) is 2.78. The van der Waals surface area contributed by atoms with Gasteiger partial charge in [-0.1, -0.05) is 19.4 Å². The summed E-state index contributed by atoms with van der Waals surface area (Å²) in [5.41, 5.74) is 1.23. The molecule has 0 spiro atoms. The van der Waals surface area contributed by atoms with Gasteiger partial charge in [0.2, 0.25) is 6.79 Å². The number of amides is 1. The Morgan fingerprint density at radius 3 is 2.62 bits per heavy atom. The minimum absolute atomic E-state index is 0.196. The van der Waals surface area contributed by atoms with Crippen LogP contribution in [-0.4, -0.2) is 31.9 Å². The van der Waals surface area contributed by atoms with Crippen LogP contribution in [0.25, 0.3) is 0 Å². The van der Waals surface area contributed by atoms with Crippen LogP contribution in [0.5, 0.6) is 17.2 Å². The van der Waals surface area contributed by atoms with Crippen molar-refractivity contribution >= 4 is 11.9 Å². The third-order valence-electron chi connectivity index (χ3n) is 4.47. The van der Waals surface area contributed by atoms with Gasteiger partial charge < -0.3 is 24.3 Å². The summed E-state index contributed by atoms with van der Waals surface area (Å²) in [6.07, 6.45) is 2.03. The number of unbranched alkanes of at least 4 members (excludes halogenated alkanes) is 1. The van der Waals surface area contributed by atoms with Gasteiger partial charge in [0.15, 0.2) is 18.1 Å². The lowest BCUT2D eigenvalue weighted by Crippen LogP contribution is -2.31. The number of rotatable bonds is 9. The lowest BCUT2D eigenvalue weighted by atomic mass is 10.1. The molecule has 0 fully saturated rings. The van der Waals surface area contributed by atoms with Gasteiger partial charge in [-0.15, -0.1) is 0 Å². The summed E-state index contributed by atoms with van der Waals surface area (Å²) in [4.78, 5) is 24.3. The van der Waals surface area contributed by atoms with E-state index in [9.17, 15) is 9.59 Å². The first-order valence-corrected chi connectivity index (χ1v) is 9.65. The highest BCUT2D eigenvalue weighted by Crippen LogP contribution is 2.34. The third-order valence-corrected chi connectivity index (χ3v) is 4.47. The third kappa shape index (κ3) is 5.63. The number of nitrogens with one attached hydrogen (secondary N) is 1. The number of carbonyl (C=O) groups excluding carboxylic acids is 2. The highest BCUT2D eigenvalue weighted by Gasteiger charge is 2.17. The number of esters is 1. The molecule has 1 aliphatic heterocycles. The zero-order valence-electron chi connectivity index (χ0n) is 16.6. The monoisotopic (exact) mass is 399 g/mol. The molecular formula is C22H25NO6. The van der Waals surface area contributed by atoms with Crippen LogP contribution in [0.2, 0.25) is 0 Å². The molecule has 1 unspecified atom stereocenters. The number of carbonyl (C=O) groups is 2. The van der Waals surface area contributed by atoms with Crippen molar-refractivity contribution in [1.29, 1.82) is 0 Å². The Morgan fingerprint density at radius 2 is 1.86 bits per heavy atom. The zero-order chi connectivity index (χ0) is 20.6. The SMILES string of the molecule is CCCCOc1ccc(C(=O)OCC(=O)NC(C)c2ccc3c(c2)OCO3)cc1. The van der Waals surface area contributed by atoms with Crippen molar-refractivity contribution in [2.45, 2.75) is 32.7 Å². The molecule has 1 aliphatic rings. The molecule has 1 heterocycles. The standard InChI is InChI=1S/C22H25NO6/c1-3-4-11-26-18-8-5-16(6-9-18)22(25)27-13-21(24)23-15(2)17-7-10-19-20(12-17)29-14-28-19/h5-10,12,15H,3-4,11,13-14H2,1-2H3,(H,23,24). The minimum Gasteiger partial charge on any atom is -0.494 e. The Balaban J connectivity index is 1.45. The molecule has 7 heteroatoms. The molecule has 1 amide bonds. The van der Waals surface area contributed by atoms with Crippen LogP contribution in [0.15, 0.2) is 42.5 Å². The summed E-state index contributed by atoms with van der Waals surface area (Å²) in [7, 11) is 0. The molecule has 2 aromatic rings. The molecule has 0 saturated heterocycles. The maximum Gasteiger partial charge on any atom is 0.338 e. The zero-order valence-corrected chi connectivity index (χ0v) is 16.6. The first-order valence-electron chi connectivity index (χ1n) is 9.65. The predicted octanol–water partition coefficient (Wildman–Crippen LogP) is 3.63. The number of hydrogen-bond donors (Lipinski definition) is 1. The van der Waals surface area contributed by atoms with Crippen molar-refractivity contribution < 1.29 is 28.5 Å². The van der Waals surface area contributed by atoms with E-state index in [4.69, 9.17) is 18.9 Å². The molecule has 0 bridgehead atoms. The summed E-state index contributed by atoms with van der Waals surface area (Å²) < 4.78 is 21.3. The Kier molecular flexibility index (Phi) is 6.94. The average molecular weight is 399 g/mol. The highest BCUT2D eigenvalue weighted by molar-refractivity contribution is 5.91. The Bertz CT molecular complexity index is 849. The molecule has 0 aromatic heterocycles. The summed E-state index contributed by atoms with van der Waals surface area (Å²) in [5.74, 6) is 1.09. The Hall–Kier alpha value is -3.22. The van der Waals surface area contributed by atoms with E-state index in [2.05, 4.69) is 12.2 Å². The van der Waals surface area contributed by atoms with Gasteiger partial charge in [-0.25, -0.2) is 4.79 Å². The van der Waals surface area contributed by atoms with Crippen LogP contribution in [0, 0.1) is 0 Å². The van der Waals surface area contributed by atoms with E-state index in [1.807, 2.05) is 19.1 Å². The summed E-state index contributed by atoms with van der Waals surface area (Å²) >= 11 is 0. The van der Waals surface area contributed by atoms with Crippen molar-refractivity contribution in [1.82, 2.24) is 5.32 Å². The number of fused-ring (bicyclic) bond motifs is 1. The number of ether oxygens (including phenoxy) is 4. The maximum absolute atomic E-state index is 12.1. The quantitative estimate of drug-likeness (QED) is 0.512. The maximum atomic E-state index is 12.1. The average Bonchev–Trinajstić information content (AvgIpc) is 3.20. The van der Waals surface area contributed by atoms with E-state index < -0.39 is 5.97 Å². The van der Waals surface area contributed by atoms with Gasteiger partial charge in [0.25, 0.3) is 5.91 Å². The second-order valence-electron chi connectivity index (χ2n) is 6.70. The second kappa shape index (κ2) is 9.82. The van der Waals surface area contributed by atoms with Gasteiger partial charge in [0.05, 0.1) is 18.2 Å². The first kappa shape index (κ1) is 20.5. The van der Waals surface area contributed by atoms with E-state index in [1.165, 1.54) is 0 Å². The molecule has 1 atom stereocenters. The normalized spacial score (nSPS) is 12.9. The molecule has 7 nitrogen and oxygen atoms in total. The van der Waals surface area contributed by atoms with E-state index in [0.29, 0.717) is 29.4 Å². The van der Waals surface area contributed by atoms with E-state index in [0.717, 1.165) is 18.4 Å². The van der Waals surface area contributed by atoms with E-state index in [1.54, 1.807) is 30.3 Å². The molecule has 3 rings (SSSR count). The Morgan fingerprint density at radius 1 is 1.10 bits per heavy atom. The summed E-state index contributed by atoms with van der Waals surface area (Å²) in [5, 5.41) is 2.80. The van der Waals surface area contributed by atoms with Crippen molar-refractivity contribution in [3.05, 3.63) is 53.6 Å². The van der Waals surface area contributed by atoms with Crippen LogP contribution in [0.4, 0.5) is 0 Å². The van der Waals surface area contributed by atoms with E-state index >= 15 is 0 Å². The van der Waals surface area contributed by atoms with Crippen LogP contribution < -0.4 is 19.5 Å². The van der Waals surface area contributed by atoms with Crippen molar-refractivity contribution in [3.63, 3.8) is 0 Å². The van der Waals surface area contributed by atoms with E-state index in [-0.39, 0.29) is 25.3 Å². The second-order valence-corrected chi connectivity index (χ2v) is 6.70. The van der Waals surface area contributed by atoms with Crippen molar-refractivity contribution in [2.75, 3.05) is 20.0 Å². The summed E-state index contributed by atoms with van der Waals surface area (Å²) in [6, 6.07) is 11.9. The largest absolute Gasteiger partial charge is 0.494 e. The minimum atomic E-state index is -0.559. The van der Waals surface area contributed by atoms with Crippen LogP contribution in [0.3, 0.4) is 0 Å². The van der Waals surface area contributed by atoms with Gasteiger partial charge in [0, 0.05) is 0 Å². The smallest absolute Gasteiger partial charge is 0.338 e. The van der Waals surface area contributed by atoms with Crippen LogP contribution >= 0.6 is 0 Å². The predicted molar refractivity (Wildman–Crippen MR) is 106 cm³/mol. The van der Waals surface area contributed by atoms with Gasteiger partial charge in [-0.05, 0) is 55.3 Å². The van der Waals surface area contributed by atoms with Crippen molar-refractivity contribution in [3.8, 4) is 17.2 Å². The van der Waals surface area contributed by atoms with Gasteiger partial charge >= 0.3 is 5.97 Å². The number of benzene rings is 2. The van der Waals surface area contributed by atoms with Crippen molar-refractivity contribution in [2.24, 2.45) is 0 Å². The van der Waals surface area contributed by atoms with Gasteiger partial charge in [-0.3, -0.25) is 4.79 Å². The molecule has 0 aliphatic carbocycles.